The van der Waals surface area contributed by atoms with Crippen molar-refractivity contribution >= 4 is 17.5 Å². The van der Waals surface area contributed by atoms with Gasteiger partial charge >= 0.3 is 0 Å². The highest BCUT2D eigenvalue weighted by molar-refractivity contribution is 5.60. The first-order valence-electron chi connectivity index (χ1n) is 7.85. The number of nitrogens with zero attached hydrogens (tertiary/aromatic N) is 3. The molecule has 24 heavy (non-hydrogen) atoms. The zero-order valence-electron chi connectivity index (χ0n) is 14.1. The molecule has 0 atom stereocenters. The quantitative estimate of drug-likeness (QED) is 0.735. The first-order chi connectivity index (χ1) is 11.5. The Hall–Kier alpha value is -2.89. The lowest BCUT2D eigenvalue weighted by molar-refractivity contribution is 0.517. The maximum Gasteiger partial charge on any atom is 0.249 e. The van der Waals surface area contributed by atoms with E-state index in [0.29, 0.717) is 18.3 Å². The Morgan fingerprint density at radius 2 is 1.92 bits per heavy atom. The van der Waals surface area contributed by atoms with Crippen LogP contribution in [0.15, 0.2) is 53.3 Å². The van der Waals surface area contributed by atoms with Crippen LogP contribution in [0.4, 0.5) is 17.5 Å². The van der Waals surface area contributed by atoms with Gasteiger partial charge in [0.05, 0.1) is 19.0 Å². The van der Waals surface area contributed by atoms with Crippen molar-refractivity contribution < 1.29 is 4.42 Å². The molecule has 0 saturated heterocycles. The topological polar surface area (TPSA) is 75.9 Å². The van der Waals surface area contributed by atoms with Gasteiger partial charge in [-0.3, -0.25) is 0 Å². The summed E-state index contributed by atoms with van der Waals surface area (Å²) in [6.07, 6.45) is 3.23. The molecule has 6 nitrogen and oxygen atoms in total. The normalized spacial score (nSPS) is 11.3. The summed E-state index contributed by atoms with van der Waals surface area (Å²) in [6, 6.07) is 11.9. The molecule has 0 aliphatic heterocycles. The summed E-state index contributed by atoms with van der Waals surface area (Å²) in [7, 11) is 0. The second kappa shape index (κ2) is 6.70. The van der Waals surface area contributed by atoms with Crippen LogP contribution in [0, 0.1) is 0 Å². The Labute approximate surface area is 141 Å². The van der Waals surface area contributed by atoms with Gasteiger partial charge in [0.15, 0.2) is 5.82 Å². The molecule has 2 N–H and O–H groups in total. The fraction of sp³-hybridized carbons (Fsp3) is 0.278. The summed E-state index contributed by atoms with van der Waals surface area (Å²) in [5.74, 6) is 1.93. The Balaban J connectivity index is 1.75. The summed E-state index contributed by atoms with van der Waals surface area (Å²) in [5, 5.41) is 14.5. The molecule has 0 aliphatic rings. The number of hydrogen-bond donors (Lipinski definition) is 2. The van der Waals surface area contributed by atoms with E-state index in [4.69, 9.17) is 4.42 Å². The van der Waals surface area contributed by atoms with Gasteiger partial charge in [0.1, 0.15) is 5.76 Å². The molecule has 1 aromatic carbocycles. The highest BCUT2D eigenvalue weighted by Crippen LogP contribution is 2.30. The maximum atomic E-state index is 5.29. The number of nitrogens with one attached hydrogen (secondary N) is 2. The van der Waals surface area contributed by atoms with E-state index in [2.05, 4.69) is 52.7 Å². The van der Waals surface area contributed by atoms with E-state index in [9.17, 15) is 0 Å². The van der Waals surface area contributed by atoms with Crippen molar-refractivity contribution in [2.75, 3.05) is 10.6 Å². The van der Waals surface area contributed by atoms with Gasteiger partial charge in [-0.1, -0.05) is 39.0 Å². The number of hydrogen-bond acceptors (Lipinski definition) is 6. The van der Waals surface area contributed by atoms with Gasteiger partial charge in [0.25, 0.3) is 0 Å². The lowest BCUT2D eigenvalue weighted by Gasteiger charge is -2.22. The minimum absolute atomic E-state index is 0.0200. The molecule has 0 aliphatic carbocycles. The molecule has 124 valence electrons. The molecule has 0 radical (unpaired) electrons. The van der Waals surface area contributed by atoms with Gasteiger partial charge in [-0.05, 0) is 29.2 Å². The van der Waals surface area contributed by atoms with Crippen LogP contribution < -0.4 is 10.6 Å². The third-order valence-corrected chi connectivity index (χ3v) is 3.56. The summed E-state index contributed by atoms with van der Waals surface area (Å²) in [6.45, 7) is 7.07. The highest BCUT2D eigenvalue weighted by Gasteiger charge is 2.18. The monoisotopic (exact) mass is 323 g/mol. The Bertz CT molecular complexity index is 793. The number of aromatic nitrogens is 3. The Morgan fingerprint density at radius 1 is 1.08 bits per heavy atom. The van der Waals surface area contributed by atoms with Crippen LogP contribution in [0.3, 0.4) is 0 Å². The molecule has 0 amide bonds. The lowest BCUT2D eigenvalue weighted by Crippen LogP contribution is -2.14. The number of rotatable bonds is 5. The van der Waals surface area contributed by atoms with Gasteiger partial charge < -0.3 is 15.1 Å². The molecule has 3 rings (SSSR count). The van der Waals surface area contributed by atoms with Crippen LogP contribution in [0.1, 0.15) is 32.1 Å². The first kappa shape index (κ1) is 16.0. The van der Waals surface area contributed by atoms with Crippen molar-refractivity contribution in [3.63, 3.8) is 0 Å². The van der Waals surface area contributed by atoms with Crippen molar-refractivity contribution in [1.82, 2.24) is 15.2 Å². The zero-order valence-corrected chi connectivity index (χ0v) is 14.1. The Morgan fingerprint density at radius 3 is 2.67 bits per heavy atom. The molecule has 2 aromatic heterocycles. The first-order valence-corrected chi connectivity index (χ1v) is 7.85. The van der Waals surface area contributed by atoms with E-state index in [1.165, 1.54) is 5.56 Å². The maximum absolute atomic E-state index is 5.29. The SMILES string of the molecule is CC(C)(C)c1ccccc1Nc1nncc(NCc2ccco2)n1. The van der Waals surface area contributed by atoms with E-state index in [1.807, 2.05) is 30.3 Å². The number of benzene rings is 1. The van der Waals surface area contributed by atoms with Gasteiger partial charge in [0, 0.05) is 5.69 Å². The zero-order chi connectivity index (χ0) is 17.0. The molecule has 6 heteroatoms. The third-order valence-electron chi connectivity index (χ3n) is 3.56. The van der Waals surface area contributed by atoms with Crippen molar-refractivity contribution in [2.24, 2.45) is 0 Å². The average Bonchev–Trinajstić information content (AvgIpc) is 3.06. The molecule has 2 heterocycles. The van der Waals surface area contributed by atoms with Crippen molar-refractivity contribution in [1.29, 1.82) is 0 Å². The van der Waals surface area contributed by atoms with Crippen LogP contribution >= 0.6 is 0 Å². The van der Waals surface area contributed by atoms with Crippen molar-refractivity contribution in [3.05, 3.63) is 60.2 Å². The van der Waals surface area contributed by atoms with Gasteiger partial charge in [0.2, 0.25) is 5.95 Å². The average molecular weight is 323 g/mol. The minimum atomic E-state index is 0.0200. The predicted octanol–water partition coefficient (Wildman–Crippen LogP) is 4.12. The molecule has 0 fully saturated rings. The third kappa shape index (κ3) is 3.90. The van der Waals surface area contributed by atoms with Gasteiger partial charge in [-0.15, -0.1) is 5.10 Å². The molecule has 3 aromatic rings. The van der Waals surface area contributed by atoms with E-state index < -0.39 is 0 Å². The van der Waals surface area contributed by atoms with Crippen LogP contribution in [-0.4, -0.2) is 15.2 Å². The molecule has 0 saturated carbocycles. The standard InChI is InChI=1S/C18H21N5O/c1-18(2,3)14-8-4-5-9-15(14)21-17-22-16(12-20-23-17)19-11-13-7-6-10-24-13/h4-10,12H,11H2,1-3H3,(H2,19,21,22,23). The fourth-order valence-electron chi connectivity index (χ4n) is 2.40. The van der Waals surface area contributed by atoms with Crippen molar-refractivity contribution in [3.8, 4) is 0 Å². The van der Waals surface area contributed by atoms with E-state index >= 15 is 0 Å². The smallest absolute Gasteiger partial charge is 0.249 e. The predicted molar refractivity (Wildman–Crippen MR) is 94.3 cm³/mol. The fourth-order valence-corrected chi connectivity index (χ4v) is 2.40. The highest BCUT2D eigenvalue weighted by atomic mass is 16.3. The summed E-state index contributed by atoms with van der Waals surface area (Å²) >= 11 is 0. The summed E-state index contributed by atoms with van der Waals surface area (Å²) < 4.78 is 5.29. The lowest BCUT2D eigenvalue weighted by atomic mass is 9.86. The number of para-hydroxylation sites is 1. The molecule has 0 unspecified atom stereocenters. The summed E-state index contributed by atoms with van der Waals surface area (Å²) in [5.41, 5.74) is 2.20. The Kier molecular flexibility index (Phi) is 4.46. The molecular formula is C18H21N5O. The number of furan rings is 1. The van der Waals surface area contributed by atoms with Gasteiger partial charge in [-0.25, -0.2) is 0 Å². The van der Waals surface area contributed by atoms with Crippen LogP contribution in [0.2, 0.25) is 0 Å². The largest absolute Gasteiger partial charge is 0.467 e. The second-order valence-corrected chi connectivity index (χ2v) is 6.52. The molecular weight excluding hydrogens is 302 g/mol. The molecule has 0 spiro atoms. The van der Waals surface area contributed by atoms with Crippen LogP contribution in [-0.2, 0) is 12.0 Å². The number of anilines is 3. The van der Waals surface area contributed by atoms with E-state index in [0.717, 1.165) is 11.4 Å². The van der Waals surface area contributed by atoms with Gasteiger partial charge in [-0.2, -0.15) is 10.1 Å². The van der Waals surface area contributed by atoms with Crippen LogP contribution in [0.5, 0.6) is 0 Å². The second-order valence-electron chi connectivity index (χ2n) is 6.52. The minimum Gasteiger partial charge on any atom is -0.467 e. The van der Waals surface area contributed by atoms with E-state index in [-0.39, 0.29) is 5.41 Å². The van der Waals surface area contributed by atoms with Crippen LogP contribution in [0.25, 0.3) is 0 Å². The van der Waals surface area contributed by atoms with E-state index in [1.54, 1.807) is 12.5 Å². The summed E-state index contributed by atoms with van der Waals surface area (Å²) in [4.78, 5) is 4.45. The van der Waals surface area contributed by atoms with Crippen molar-refractivity contribution in [2.45, 2.75) is 32.7 Å². The molecule has 0 bridgehead atoms.